The number of hydrogen-bond acceptors (Lipinski definition) is 2. The summed E-state index contributed by atoms with van der Waals surface area (Å²) in [6, 6.07) is 9.22. The first kappa shape index (κ1) is 17.0. The zero-order chi connectivity index (χ0) is 17.3. The van der Waals surface area contributed by atoms with Crippen molar-refractivity contribution in [2.24, 2.45) is 0 Å². The number of aromatic nitrogens is 1. The van der Waals surface area contributed by atoms with E-state index in [9.17, 15) is 18.0 Å². The Balaban J connectivity index is 2.10. The predicted octanol–water partition coefficient (Wildman–Crippen LogP) is 4.65. The van der Waals surface area contributed by atoms with Crippen LogP contribution in [0.4, 0.5) is 18.9 Å². The second-order valence-electron chi connectivity index (χ2n) is 6.21. The van der Waals surface area contributed by atoms with Crippen LogP contribution in [0.5, 0.6) is 0 Å². The van der Waals surface area contributed by atoms with E-state index in [4.69, 9.17) is 0 Å². The average Bonchev–Trinajstić information content (AvgIpc) is 2.46. The van der Waals surface area contributed by atoms with E-state index in [0.29, 0.717) is 5.69 Å². The molecule has 3 nitrogen and oxygen atoms in total. The molecule has 1 heterocycles. The van der Waals surface area contributed by atoms with Crippen molar-refractivity contribution in [2.45, 2.75) is 32.4 Å². The summed E-state index contributed by atoms with van der Waals surface area (Å²) in [5, 5.41) is 2.63. The molecule has 23 heavy (non-hydrogen) atoms. The van der Waals surface area contributed by atoms with Crippen LogP contribution in [0, 0.1) is 0 Å². The van der Waals surface area contributed by atoms with Gasteiger partial charge in [0.15, 0.2) is 0 Å². The SMILES string of the molecule is CC(C)(C)c1ccc(NC(=O)c2ccc(C(F)(F)F)nc2)cc1. The van der Waals surface area contributed by atoms with E-state index >= 15 is 0 Å². The first-order chi connectivity index (χ1) is 10.6. The zero-order valence-corrected chi connectivity index (χ0v) is 13.0. The highest BCUT2D eigenvalue weighted by Gasteiger charge is 2.32. The molecule has 0 fully saturated rings. The Morgan fingerprint density at radius 3 is 2.04 bits per heavy atom. The number of alkyl halides is 3. The minimum absolute atomic E-state index is 0.000114. The lowest BCUT2D eigenvalue weighted by Crippen LogP contribution is -2.15. The molecular weight excluding hydrogens is 305 g/mol. The summed E-state index contributed by atoms with van der Waals surface area (Å²) >= 11 is 0. The van der Waals surface area contributed by atoms with Crippen molar-refractivity contribution < 1.29 is 18.0 Å². The first-order valence-electron chi connectivity index (χ1n) is 7.02. The second kappa shape index (κ2) is 6.02. The maximum Gasteiger partial charge on any atom is 0.433 e. The monoisotopic (exact) mass is 322 g/mol. The van der Waals surface area contributed by atoms with Gasteiger partial charge in [-0.1, -0.05) is 32.9 Å². The molecule has 0 saturated carbocycles. The summed E-state index contributed by atoms with van der Waals surface area (Å²) in [6.45, 7) is 6.23. The van der Waals surface area contributed by atoms with E-state index in [2.05, 4.69) is 31.1 Å². The maximum absolute atomic E-state index is 12.4. The van der Waals surface area contributed by atoms with Crippen molar-refractivity contribution in [1.82, 2.24) is 4.98 Å². The summed E-state index contributed by atoms with van der Waals surface area (Å²) in [7, 11) is 0. The van der Waals surface area contributed by atoms with Crippen molar-refractivity contribution in [3.63, 3.8) is 0 Å². The minimum atomic E-state index is -4.52. The van der Waals surface area contributed by atoms with E-state index in [1.165, 1.54) is 0 Å². The van der Waals surface area contributed by atoms with Gasteiger partial charge in [-0.15, -0.1) is 0 Å². The van der Waals surface area contributed by atoms with Crippen molar-refractivity contribution in [1.29, 1.82) is 0 Å². The molecule has 2 rings (SSSR count). The fourth-order valence-corrected chi connectivity index (χ4v) is 1.95. The van der Waals surface area contributed by atoms with E-state index in [0.717, 1.165) is 23.9 Å². The Hall–Kier alpha value is -2.37. The van der Waals surface area contributed by atoms with E-state index in [1.807, 2.05) is 12.1 Å². The summed E-state index contributed by atoms with van der Waals surface area (Å²) in [6.07, 6.45) is -3.60. The number of benzene rings is 1. The highest BCUT2D eigenvalue weighted by molar-refractivity contribution is 6.04. The fraction of sp³-hybridized carbons (Fsp3) is 0.294. The Morgan fingerprint density at radius 2 is 1.61 bits per heavy atom. The molecule has 1 amide bonds. The Labute approximate surface area is 132 Å². The normalized spacial score (nSPS) is 12.1. The second-order valence-corrected chi connectivity index (χ2v) is 6.21. The molecule has 0 saturated heterocycles. The van der Waals surface area contributed by atoms with Gasteiger partial charge in [0, 0.05) is 11.9 Å². The van der Waals surface area contributed by atoms with Crippen LogP contribution in [0.2, 0.25) is 0 Å². The number of rotatable bonds is 2. The minimum Gasteiger partial charge on any atom is -0.322 e. The van der Waals surface area contributed by atoms with Crippen molar-refractivity contribution >= 4 is 11.6 Å². The Kier molecular flexibility index (Phi) is 4.45. The molecule has 1 aromatic heterocycles. The van der Waals surface area contributed by atoms with Gasteiger partial charge in [0.25, 0.3) is 5.91 Å². The number of hydrogen-bond donors (Lipinski definition) is 1. The number of carbonyl (C=O) groups is 1. The lowest BCUT2D eigenvalue weighted by Gasteiger charge is -2.19. The molecule has 122 valence electrons. The summed E-state index contributed by atoms with van der Waals surface area (Å²) in [5.41, 5.74) is 0.732. The Bertz CT molecular complexity index is 684. The number of anilines is 1. The van der Waals surface area contributed by atoms with Crippen LogP contribution >= 0.6 is 0 Å². The van der Waals surface area contributed by atoms with Crippen molar-refractivity contribution in [3.8, 4) is 0 Å². The van der Waals surface area contributed by atoms with Gasteiger partial charge in [0.1, 0.15) is 5.69 Å². The van der Waals surface area contributed by atoms with Crippen molar-refractivity contribution in [2.75, 3.05) is 5.32 Å². The van der Waals surface area contributed by atoms with Crippen LogP contribution in [-0.2, 0) is 11.6 Å². The number of amides is 1. The molecule has 2 aromatic rings. The number of nitrogens with zero attached hydrogens (tertiary/aromatic N) is 1. The molecule has 6 heteroatoms. The molecule has 0 aliphatic carbocycles. The molecule has 1 aromatic carbocycles. The third-order valence-corrected chi connectivity index (χ3v) is 3.32. The highest BCUT2D eigenvalue weighted by atomic mass is 19.4. The lowest BCUT2D eigenvalue weighted by molar-refractivity contribution is -0.141. The van der Waals surface area contributed by atoms with E-state index in [-0.39, 0.29) is 11.0 Å². The van der Waals surface area contributed by atoms with Gasteiger partial charge < -0.3 is 5.32 Å². The zero-order valence-electron chi connectivity index (χ0n) is 13.0. The number of pyridine rings is 1. The molecule has 0 spiro atoms. The maximum atomic E-state index is 12.4. The standard InChI is InChI=1S/C17H17F3N2O/c1-16(2,3)12-5-7-13(8-6-12)22-15(23)11-4-9-14(21-10-11)17(18,19)20/h4-10H,1-3H3,(H,22,23). The van der Waals surface area contributed by atoms with Crippen LogP contribution in [0.3, 0.4) is 0 Å². The van der Waals surface area contributed by atoms with Crippen LogP contribution < -0.4 is 5.32 Å². The molecule has 0 radical (unpaired) electrons. The quantitative estimate of drug-likeness (QED) is 0.874. The third-order valence-electron chi connectivity index (χ3n) is 3.32. The average molecular weight is 322 g/mol. The van der Waals surface area contributed by atoms with Gasteiger partial charge in [-0.3, -0.25) is 9.78 Å². The van der Waals surface area contributed by atoms with Gasteiger partial charge in [-0.25, -0.2) is 0 Å². The van der Waals surface area contributed by atoms with Gasteiger partial charge in [-0.2, -0.15) is 13.2 Å². The molecule has 0 unspecified atom stereocenters. The van der Waals surface area contributed by atoms with Crippen LogP contribution in [0.15, 0.2) is 42.6 Å². The molecule has 1 N–H and O–H groups in total. The summed E-state index contributed by atoms with van der Waals surface area (Å²) < 4.78 is 37.3. The van der Waals surface area contributed by atoms with Gasteiger partial charge in [-0.05, 0) is 35.2 Å². The Morgan fingerprint density at radius 1 is 1.00 bits per heavy atom. The van der Waals surface area contributed by atoms with E-state index < -0.39 is 17.8 Å². The van der Waals surface area contributed by atoms with Crippen molar-refractivity contribution in [3.05, 3.63) is 59.4 Å². The molecule has 0 aliphatic heterocycles. The third kappa shape index (κ3) is 4.31. The first-order valence-corrected chi connectivity index (χ1v) is 7.02. The number of carbonyl (C=O) groups excluding carboxylic acids is 1. The smallest absolute Gasteiger partial charge is 0.322 e. The fourth-order valence-electron chi connectivity index (χ4n) is 1.95. The largest absolute Gasteiger partial charge is 0.433 e. The van der Waals surface area contributed by atoms with Gasteiger partial charge in [0.2, 0.25) is 0 Å². The number of nitrogens with one attached hydrogen (secondary N) is 1. The van der Waals surface area contributed by atoms with Gasteiger partial charge >= 0.3 is 6.18 Å². The highest BCUT2D eigenvalue weighted by Crippen LogP contribution is 2.27. The van der Waals surface area contributed by atoms with E-state index in [1.54, 1.807) is 12.1 Å². The van der Waals surface area contributed by atoms with Crippen LogP contribution in [0.1, 0.15) is 42.4 Å². The molecular formula is C17H17F3N2O. The van der Waals surface area contributed by atoms with Crippen LogP contribution in [0.25, 0.3) is 0 Å². The number of halogens is 3. The summed E-state index contributed by atoms with van der Waals surface area (Å²) in [4.78, 5) is 15.3. The lowest BCUT2D eigenvalue weighted by atomic mass is 9.87. The molecule has 0 atom stereocenters. The van der Waals surface area contributed by atoms with Gasteiger partial charge in [0.05, 0.1) is 5.56 Å². The summed E-state index contributed by atoms with van der Waals surface area (Å²) in [5.74, 6) is -0.505. The predicted molar refractivity (Wildman–Crippen MR) is 82.3 cm³/mol. The molecule has 0 aliphatic rings. The topological polar surface area (TPSA) is 42.0 Å². The molecule has 0 bridgehead atoms. The van der Waals surface area contributed by atoms with Crippen LogP contribution in [-0.4, -0.2) is 10.9 Å².